The molecule has 0 atom stereocenters. The molecule has 0 aliphatic carbocycles. The standard InChI is InChI=1S/C6H5N2.C2H7N.BF4/c7-6-8-4-2-1-3-5-8;1-3-2;2-1(3,4)5/h1-5H;3H,1-2H3;/q+1;;-1. The molecule has 0 saturated heterocycles. The van der Waals surface area contributed by atoms with Gasteiger partial charge in [-0.25, -0.2) is 0 Å². The largest absolute Gasteiger partial charge is 0.673 e. The van der Waals surface area contributed by atoms with Crippen molar-refractivity contribution in [1.82, 2.24) is 5.32 Å². The highest BCUT2D eigenvalue weighted by atomic mass is 19.5. The maximum atomic E-state index is 9.75. The van der Waals surface area contributed by atoms with Crippen LogP contribution in [-0.2, 0) is 0 Å². The van der Waals surface area contributed by atoms with Crippen molar-refractivity contribution in [3.63, 3.8) is 0 Å². The molecule has 0 aromatic carbocycles. The van der Waals surface area contributed by atoms with Gasteiger partial charge in [0, 0.05) is 0 Å². The minimum atomic E-state index is -6.00. The smallest absolute Gasteiger partial charge is 0.418 e. The molecule has 1 rings (SSSR count). The van der Waals surface area contributed by atoms with E-state index in [9.17, 15) is 17.3 Å². The lowest BCUT2D eigenvalue weighted by Gasteiger charge is -1.94. The van der Waals surface area contributed by atoms with E-state index in [0.29, 0.717) is 0 Å². The fraction of sp³-hybridized carbons (Fsp3) is 0.250. The van der Waals surface area contributed by atoms with E-state index in [1.807, 2.05) is 38.5 Å². The first kappa shape index (κ1) is 16.8. The molecule has 0 spiro atoms. The summed E-state index contributed by atoms with van der Waals surface area (Å²) in [6, 6.07) is 5.49. The molecule has 0 bridgehead atoms. The highest BCUT2D eigenvalue weighted by molar-refractivity contribution is 6.50. The van der Waals surface area contributed by atoms with Crippen LogP contribution in [0.25, 0.3) is 0 Å². The van der Waals surface area contributed by atoms with E-state index in [2.05, 4.69) is 5.32 Å². The number of aromatic nitrogens is 1. The van der Waals surface area contributed by atoms with E-state index < -0.39 is 7.25 Å². The van der Waals surface area contributed by atoms with Crippen LogP contribution in [-0.4, -0.2) is 21.3 Å². The van der Waals surface area contributed by atoms with E-state index in [0.717, 1.165) is 0 Å². The van der Waals surface area contributed by atoms with Crippen molar-refractivity contribution in [3.8, 4) is 6.19 Å². The van der Waals surface area contributed by atoms with Gasteiger partial charge in [-0.3, -0.25) is 0 Å². The molecule has 16 heavy (non-hydrogen) atoms. The van der Waals surface area contributed by atoms with Crippen LogP contribution in [0.1, 0.15) is 0 Å². The van der Waals surface area contributed by atoms with Gasteiger partial charge >= 0.3 is 13.4 Å². The van der Waals surface area contributed by atoms with Gasteiger partial charge in [-0.15, -0.1) is 4.57 Å². The molecule has 0 fully saturated rings. The van der Waals surface area contributed by atoms with Gasteiger partial charge in [0.2, 0.25) is 0 Å². The molecule has 0 aliphatic rings. The summed E-state index contributed by atoms with van der Waals surface area (Å²) in [5, 5.41) is 11.0. The van der Waals surface area contributed by atoms with Gasteiger partial charge in [0.25, 0.3) is 0 Å². The normalized spacial score (nSPS) is 8.81. The van der Waals surface area contributed by atoms with Crippen LogP contribution >= 0.6 is 0 Å². The second-order valence-electron chi connectivity index (χ2n) is 2.38. The maximum absolute atomic E-state index is 9.75. The quantitative estimate of drug-likeness (QED) is 0.421. The predicted octanol–water partition coefficient (Wildman–Crippen LogP) is 1.44. The summed E-state index contributed by atoms with van der Waals surface area (Å²) in [6.45, 7) is 0. The molecule has 8 heteroatoms. The first-order chi connectivity index (χ1) is 7.35. The summed E-state index contributed by atoms with van der Waals surface area (Å²) in [7, 11) is -2.25. The van der Waals surface area contributed by atoms with Crippen molar-refractivity contribution in [1.29, 1.82) is 5.26 Å². The number of nitriles is 1. The van der Waals surface area contributed by atoms with Crippen LogP contribution < -0.4 is 9.88 Å². The SMILES string of the molecule is CNC.F[B-](F)(F)F.N#C[n+]1ccccc1. The Morgan fingerprint density at radius 3 is 1.56 bits per heavy atom. The number of nitrogens with zero attached hydrogens (tertiary/aromatic N) is 2. The fourth-order valence-corrected chi connectivity index (χ4v) is 0.465. The van der Waals surface area contributed by atoms with Crippen molar-refractivity contribution in [2.24, 2.45) is 0 Å². The lowest BCUT2D eigenvalue weighted by atomic mass is 10.3. The number of nitrogens with one attached hydrogen (secondary N) is 1. The van der Waals surface area contributed by atoms with E-state index in [1.54, 1.807) is 12.4 Å². The monoisotopic (exact) mass is 237 g/mol. The van der Waals surface area contributed by atoms with Crippen molar-refractivity contribution in [2.75, 3.05) is 14.1 Å². The Labute approximate surface area is 91.4 Å². The van der Waals surface area contributed by atoms with Gasteiger partial charge < -0.3 is 22.6 Å². The first-order valence-corrected chi connectivity index (χ1v) is 4.17. The molecule has 0 amide bonds. The van der Waals surface area contributed by atoms with Gasteiger partial charge in [-0.2, -0.15) is 0 Å². The lowest BCUT2D eigenvalue weighted by molar-refractivity contribution is -0.586. The predicted molar refractivity (Wildman–Crippen MR) is 52.8 cm³/mol. The Morgan fingerprint density at radius 2 is 1.38 bits per heavy atom. The molecule has 0 aliphatic heterocycles. The summed E-state index contributed by atoms with van der Waals surface area (Å²) in [6.07, 6.45) is 5.33. The third-order valence-corrected chi connectivity index (χ3v) is 0.831. The summed E-state index contributed by atoms with van der Waals surface area (Å²) in [5.74, 6) is 0. The van der Waals surface area contributed by atoms with Crippen LogP contribution in [0.4, 0.5) is 17.3 Å². The van der Waals surface area contributed by atoms with E-state index in [-0.39, 0.29) is 0 Å². The van der Waals surface area contributed by atoms with Crippen LogP contribution in [0.5, 0.6) is 0 Å². The van der Waals surface area contributed by atoms with Crippen LogP contribution in [0, 0.1) is 11.5 Å². The molecule has 1 N–H and O–H groups in total. The van der Waals surface area contributed by atoms with Gasteiger partial charge in [-0.1, -0.05) is 6.07 Å². The summed E-state index contributed by atoms with van der Waals surface area (Å²) < 4.78 is 40.4. The Bertz CT molecular complexity index is 290. The Hall–Kier alpha value is -1.62. The lowest BCUT2D eigenvalue weighted by Crippen LogP contribution is -2.25. The highest BCUT2D eigenvalue weighted by Gasteiger charge is 2.20. The third kappa shape index (κ3) is 22.8. The molecule has 90 valence electrons. The highest BCUT2D eigenvalue weighted by Crippen LogP contribution is 2.06. The molecule has 3 nitrogen and oxygen atoms in total. The Kier molecular flexibility index (Phi) is 10.4. The topological polar surface area (TPSA) is 39.7 Å². The number of pyridine rings is 1. The molecule has 1 aromatic heterocycles. The Balaban J connectivity index is 0. The van der Waals surface area contributed by atoms with Gasteiger partial charge in [-0.05, 0) is 26.2 Å². The van der Waals surface area contributed by atoms with E-state index in [1.165, 1.54) is 4.57 Å². The summed E-state index contributed by atoms with van der Waals surface area (Å²) in [5.41, 5.74) is 0. The third-order valence-electron chi connectivity index (χ3n) is 0.831. The second-order valence-corrected chi connectivity index (χ2v) is 2.38. The van der Waals surface area contributed by atoms with Gasteiger partial charge in [0.15, 0.2) is 5.26 Å². The van der Waals surface area contributed by atoms with Crippen LogP contribution in [0.2, 0.25) is 0 Å². The number of halogens is 4. The van der Waals surface area contributed by atoms with Crippen molar-refractivity contribution in [2.45, 2.75) is 0 Å². The Morgan fingerprint density at radius 1 is 1.06 bits per heavy atom. The average Bonchev–Trinajstić information content (AvgIpc) is 2.18. The van der Waals surface area contributed by atoms with Crippen molar-refractivity contribution in [3.05, 3.63) is 30.6 Å². The number of hydrogen-bond donors (Lipinski definition) is 1. The molecule has 1 aromatic rings. The molecular weight excluding hydrogens is 225 g/mol. The zero-order chi connectivity index (χ0) is 13.0. The zero-order valence-electron chi connectivity index (χ0n) is 8.87. The molecule has 0 unspecified atom stereocenters. The minimum Gasteiger partial charge on any atom is -0.418 e. The van der Waals surface area contributed by atoms with Crippen molar-refractivity contribution >= 4 is 7.25 Å². The van der Waals surface area contributed by atoms with E-state index >= 15 is 0 Å². The van der Waals surface area contributed by atoms with Crippen molar-refractivity contribution < 1.29 is 21.8 Å². The molecular formula is C8H12BF4N3. The minimum absolute atomic E-state index is 1.43. The van der Waals surface area contributed by atoms with E-state index in [4.69, 9.17) is 5.26 Å². The molecule has 0 radical (unpaired) electrons. The maximum Gasteiger partial charge on any atom is 0.673 e. The fourth-order valence-electron chi connectivity index (χ4n) is 0.465. The number of rotatable bonds is 0. The average molecular weight is 237 g/mol. The summed E-state index contributed by atoms with van der Waals surface area (Å²) >= 11 is 0. The molecule has 0 saturated carbocycles. The van der Waals surface area contributed by atoms with Crippen LogP contribution in [0.3, 0.4) is 0 Å². The summed E-state index contributed by atoms with van der Waals surface area (Å²) in [4.78, 5) is 0. The van der Waals surface area contributed by atoms with Crippen LogP contribution in [0.15, 0.2) is 30.6 Å². The zero-order valence-corrected chi connectivity index (χ0v) is 8.87. The second kappa shape index (κ2) is 9.92. The molecule has 1 heterocycles. The van der Waals surface area contributed by atoms with Gasteiger partial charge in [0.05, 0.1) is 0 Å². The number of hydrogen-bond acceptors (Lipinski definition) is 2. The first-order valence-electron chi connectivity index (χ1n) is 4.17. The van der Waals surface area contributed by atoms with Gasteiger partial charge in [0.1, 0.15) is 12.4 Å².